The van der Waals surface area contributed by atoms with Crippen LogP contribution in [-0.4, -0.2) is 46.8 Å². The fourth-order valence-corrected chi connectivity index (χ4v) is 3.57. The molecule has 0 bridgehead atoms. The second-order valence-corrected chi connectivity index (χ2v) is 6.23. The summed E-state index contributed by atoms with van der Waals surface area (Å²) in [7, 11) is 0. The number of nitrogens with zero attached hydrogens (tertiary/aromatic N) is 3. The van der Waals surface area contributed by atoms with E-state index in [-0.39, 0.29) is 5.91 Å². The van der Waals surface area contributed by atoms with Gasteiger partial charge in [0.25, 0.3) is 5.91 Å². The van der Waals surface area contributed by atoms with Gasteiger partial charge in [0.15, 0.2) is 0 Å². The third-order valence-corrected chi connectivity index (χ3v) is 4.72. The standard InChI is InChI=1S/C15H24N4O/c1-13-4-2-10-18(12-13)14(20)15(5-8-16-9-6-15)19-11-3-7-17-19/h3,7,11,13,16H,2,4-6,8-10,12H2,1H3. The normalized spacial score (nSPS) is 26.4. The molecule has 0 spiro atoms. The van der Waals surface area contributed by atoms with Gasteiger partial charge in [0, 0.05) is 25.5 Å². The molecule has 20 heavy (non-hydrogen) atoms. The Morgan fingerprint density at radius 2 is 2.20 bits per heavy atom. The Kier molecular flexibility index (Phi) is 3.78. The molecule has 1 aromatic heterocycles. The highest BCUT2D eigenvalue weighted by Gasteiger charge is 2.44. The first kappa shape index (κ1) is 13.6. The first-order chi connectivity index (χ1) is 9.72. The van der Waals surface area contributed by atoms with Crippen molar-refractivity contribution in [1.29, 1.82) is 0 Å². The summed E-state index contributed by atoms with van der Waals surface area (Å²) in [6.07, 6.45) is 7.74. The molecule has 110 valence electrons. The van der Waals surface area contributed by atoms with Crippen molar-refractivity contribution in [3.63, 3.8) is 0 Å². The number of hydrogen-bond acceptors (Lipinski definition) is 3. The number of rotatable bonds is 2. The maximum atomic E-state index is 13.2. The molecule has 3 heterocycles. The number of amides is 1. The lowest BCUT2D eigenvalue weighted by atomic mass is 9.85. The molecule has 0 aromatic carbocycles. The van der Waals surface area contributed by atoms with E-state index in [0.29, 0.717) is 5.92 Å². The van der Waals surface area contributed by atoms with Gasteiger partial charge in [-0.2, -0.15) is 5.10 Å². The summed E-state index contributed by atoms with van der Waals surface area (Å²) >= 11 is 0. The molecule has 0 radical (unpaired) electrons. The van der Waals surface area contributed by atoms with Gasteiger partial charge < -0.3 is 10.2 Å². The Bertz CT molecular complexity index is 450. The maximum absolute atomic E-state index is 13.2. The van der Waals surface area contributed by atoms with Crippen LogP contribution in [0.1, 0.15) is 32.6 Å². The predicted octanol–water partition coefficient (Wildman–Crippen LogP) is 1.22. The van der Waals surface area contributed by atoms with Crippen LogP contribution < -0.4 is 5.32 Å². The van der Waals surface area contributed by atoms with Gasteiger partial charge in [-0.25, -0.2) is 0 Å². The van der Waals surface area contributed by atoms with Crippen LogP contribution in [0.5, 0.6) is 0 Å². The van der Waals surface area contributed by atoms with Crippen molar-refractivity contribution in [3.05, 3.63) is 18.5 Å². The molecule has 2 aliphatic rings. The van der Waals surface area contributed by atoms with Gasteiger partial charge >= 0.3 is 0 Å². The van der Waals surface area contributed by atoms with Gasteiger partial charge in [-0.05, 0) is 50.8 Å². The van der Waals surface area contributed by atoms with Gasteiger partial charge in [-0.15, -0.1) is 0 Å². The van der Waals surface area contributed by atoms with Crippen LogP contribution >= 0.6 is 0 Å². The summed E-state index contributed by atoms with van der Waals surface area (Å²) in [6, 6.07) is 1.91. The van der Waals surface area contributed by atoms with Gasteiger partial charge in [0.05, 0.1) is 0 Å². The third kappa shape index (κ3) is 2.35. The summed E-state index contributed by atoms with van der Waals surface area (Å²) in [6.45, 7) is 5.81. The predicted molar refractivity (Wildman–Crippen MR) is 77.3 cm³/mol. The van der Waals surface area contributed by atoms with Crippen LogP contribution in [0.2, 0.25) is 0 Å². The van der Waals surface area contributed by atoms with Crippen molar-refractivity contribution in [2.24, 2.45) is 5.92 Å². The van der Waals surface area contributed by atoms with Gasteiger partial charge in [0.2, 0.25) is 0 Å². The molecule has 2 saturated heterocycles. The van der Waals surface area contributed by atoms with Crippen molar-refractivity contribution in [3.8, 4) is 0 Å². The molecule has 1 N–H and O–H groups in total. The smallest absolute Gasteiger partial charge is 0.250 e. The van der Waals surface area contributed by atoms with Crippen molar-refractivity contribution in [1.82, 2.24) is 20.0 Å². The van der Waals surface area contributed by atoms with E-state index in [4.69, 9.17) is 0 Å². The Balaban J connectivity index is 1.87. The minimum absolute atomic E-state index is 0.272. The lowest BCUT2D eigenvalue weighted by Gasteiger charge is -2.42. The van der Waals surface area contributed by atoms with E-state index in [0.717, 1.165) is 45.4 Å². The Labute approximate surface area is 120 Å². The number of piperidine rings is 2. The van der Waals surface area contributed by atoms with E-state index in [9.17, 15) is 4.79 Å². The van der Waals surface area contributed by atoms with Crippen molar-refractivity contribution in [2.75, 3.05) is 26.2 Å². The van der Waals surface area contributed by atoms with E-state index >= 15 is 0 Å². The van der Waals surface area contributed by atoms with Gasteiger partial charge in [-0.1, -0.05) is 6.92 Å². The van der Waals surface area contributed by atoms with Crippen LogP contribution in [0.4, 0.5) is 0 Å². The molecular weight excluding hydrogens is 252 g/mol. The highest BCUT2D eigenvalue weighted by Crippen LogP contribution is 2.31. The number of aromatic nitrogens is 2. The molecule has 2 aliphatic heterocycles. The summed E-state index contributed by atoms with van der Waals surface area (Å²) in [5.74, 6) is 0.887. The van der Waals surface area contributed by atoms with Crippen molar-refractivity contribution >= 4 is 5.91 Å². The fraction of sp³-hybridized carbons (Fsp3) is 0.733. The number of hydrogen-bond donors (Lipinski definition) is 1. The SMILES string of the molecule is CC1CCCN(C(=O)C2(n3cccn3)CCNCC2)C1. The molecule has 3 rings (SSSR count). The van der Waals surface area contributed by atoms with E-state index < -0.39 is 5.54 Å². The second kappa shape index (κ2) is 5.56. The summed E-state index contributed by atoms with van der Waals surface area (Å²) in [5.41, 5.74) is -0.466. The molecule has 5 nitrogen and oxygen atoms in total. The van der Waals surface area contributed by atoms with E-state index in [1.807, 2.05) is 16.9 Å². The first-order valence-corrected chi connectivity index (χ1v) is 7.72. The molecule has 1 unspecified atom stereocenters. The third-order valence-electron chi connectivity index (χ3n) is 4.72. The average molecular weight is 276 g/mol. The quantitative estimate of drug-likeness (QED) is 0.883. The molecule has 1 amide bonds. The highest BCUT2D eigenvalue weighted by molar-refractivity contribution is 5.84. The number of carbonyl (C=O) groups is 1. The molecule has 1 aromatic rings. The van der Waals surface area contributed by atoms with Gasteiger partial charge in [-0.3, -0.25) is 9.48 Å². The highest BCUT2D eigenvalue weighted by atomic mass is 16.2. The average Bonchev–Trinajstić information content (AvgIpc) is 3.02. The summed E-state index contributed by atoms with van der Waals surface area (Å²) in [5, 5.41) is 7.74. The molecular formula is C15H24N4O. The van der Waals surface area contributed by atoms with Crippen molar-refractivity contribution in [2.45, 2.75) is 38.1 Å². The maximum Gasteiger partial charge on any atom is 0.250 e. The van der Waals surface area contributed by atoms with E-state index in [1.54, 1.807) is 6.20 Å². The topological polar surface area (TPSA) is 50.2 Å². The summed E-state index contributed by atoms with van der Waals surface area (Å²) < 4.78 is 1.90. The zero-order valence-electron chi connectivity index (χ0n) is 12.2. The zero-order valence-corrected chi connectivity index (χ0v) is 12.2. The first-order valence-electron chi connectivity index (χ1n) is 7.72. The fourth-order valence-electron chi connectivity index (χ4n) is 3.57. The lowest BCUT2D eigenvalue weighted by Crippen LogP contribution is -2.57. The number of likely N-dealkylation sites (tertiary alicyclic amines) is 1. The largest absolute Gasteiger partial charge is 0.340 e. The Morgan fingerprint density at radius 3 is 2.85 bits per heavy atom. The van der Waals surface area contributed by atoms with Crippen LogP contribution in [0.25, 0.3) is 0 Å². The molecule has 2 fully saturated rings. The number of nitrogens with one attached hydrogen (secondary N) is 1. The molecule has 0 aliphatic carbocycles. The van der Waals surface area contributed by atoms with Crippen LogP contribution in [-0.2, 0) is 10.3 Å². The monoisotopic (exact) mass is 276 g/mol. The molecule has 0 saturated carbocycles. The van der Waals surface area contributed by atoms with E-state index in [1.165, 1.54) is 6.42 Å². The number of carbonyl (C=O) groups excluding carboxylic acids is 1. The Hall–Kier alpha value is -1.36. The molecule has 1 atom stereocenters. The lowest BCUT2D eigenvalue weighted by molar-refractivity contribution is -0.145. The minimum Gasteiger partial charge on any atom is -0.340 e. The van der Waals surface area contributed by atoms with Crippen LogP contribution in [0, 0.1) is 5.92 Å². The second-order valence-electron chi connectivity index (χ2n) is 6.23. The van der Waals surface area contributed by atoms with E-state index in [2.05, 4.69) is 22.2 Å². The van der Waals surface area contributed by atoms with Crippen LogP contribution in [0.15, 0.2) is 18.5 Å². The van der Waals surface area contributed by atoms with Crippen LogP contribution in [0.3, 0.4) is 0 Å². The zero-order chi connectivity index (χ0) is 14.0. The van der Waals surface area contributed by atoms with Gasteiger partial charge in [0.1, 0.15) is 5.54 Å². The summed E-state index contributed by atoms with van der Waals surface area (Å²) in [4.78, 5) is 15.2. The van der Waals surface area contributed by atoms with Crippen molar-refractivity contribution < 1.29 is 4.79 Å². The minimum atomic E-state index is -0.466. The Morgan fingerprint density at radius 1 is 1.40 bits per heavy atom. The molecule has 5 heteroatoms.